The summed E-state index contributed by atoms with van der Waals surface area (Å²) in [5.41, 5.74) is 1.20. The minimum atomic E-state index is -0.440. The van der Waals surface area contributed by atoms with Gasteiger partial charge in [0.1, 0.15) is 12.4 Å². The van der Waals surface area contributed by atoms with Crippen molar-refractivity contribution in [1.82, 2.24) is 15.5 Å². The summed E-state index contributed by atoms with van der Waals surface area (Å²) in [7, 11) is 1.32. The highest BCUT2D eigenvalue weighted by atomic mass is 19.1. The van der Waals surface area contributed by atoms with Crippen LogP contribution in [0.15, 0.2) is 29.3 Å². The molecule has 174 valence electrons. The number of hydrogen-bond donors (Lipinski definition) is 2. The number of nitrogens with zero attached hydrogens (tertiary/aromatic N) is 3. The third-order valence-corrected chi connectivity index (χ3v) is 6.53. The molecule has 1 heterocycles. The molecule has 0 unspecified atom stereocenters. The van der Waals surface area contributed by atoms with Gasteiger partial charge in [0.05, 0.1) is 7.11 Å². The van der Waals surface area contributed by atoms with E-state index < -0.39 is 5.97 Å². The zero-order valence-electron chi connectivity index (χ0n) is 18.9. The number of esters is 1. The first-order valence-corrected chi connectivity index (χ1v) is 11.6. The number of halogens is 1. The van der Waals surface area contributed by atoms with Gasteiger partial charge in [0, 0.05) is 19.1 Å². The molecule has 0 spiro atoms. The topological polar surface area (TPSA) is 89.7 Å². The minimum absolute atomic E-state index is 0.123. The molecule has 1 saturated carbocycles. The van der Waals surface area contributed by atoms with E-state index >= 15 is 0 Å². The fourth-order valence-corrected chi connectivity index (χ4v) is 4.94. The molecule has 32 heavy (non-hydrogen) atoms. The Morgan fingerprint density at radius 1 is 1.25 bits per heavy atom. The molecule has 1 saturated heterocycles. The summed E-state index contributed by atoms with van der Waals surface area (Å²) in [6, 6.07) is 7.09. The Morgan fingerprint density at radius 2 is 2.03 bits per heavy atom. The Kier molecular flexibility index (Phi) is 9.29. The second-order valence-electron chi connectivity index (χ2n) is 8.87. The number of piperidine rings is 1. The zero-order valence-corrected chi connectivity index (χ0v) is 18.9. The molecule has 3 atom stereocenters. The van der Waals surface area contributed by atoms with Gasteiger partial charge in [-0.2, -0.15) is 5.26 Å². The number of hydrogen-bond acceptors (Lipinski definition) is 5. The van der Waals surface area contributed by atoms with Crippen LogP contribution in [0.3, 0.4) is 0 Å². The van der Waals surface area contributed by atoms with E-state index in [2.05, 4.69) is 25.3 Å². The highest BCUT2D eigenvalue weighted by Gasteiger charge is 2.30. The highest BCUT2D eigenvalue weighted by molar-refractivity contribution is 5.84. The van der Waals surface area contributed by atoms with Crippen molar-refractivity contribution in [1.29, 1.82) is 5.26 Å². The number of carbonyl (C=O) groups is 1. The maximum Gasteiger partial charge on any atom is 0.327 e. The van der Waals surface area contributed by atoms with Crippen LogP contribution in [0.25, 0.3) is 0 Å². The fraction of sp³-hybridized carbons (Fsp3) is 0.625. The molecule has 7 nitrogen and oxygen atoms in total. The second-order valence-corrected chi connectivity index (χ2v) is 8.87. The molecule has 1 aromatic carbocycles. The van der Waals surface area contributed by atoms with Crippen molar-refractivity contribution >= 4 is 11.9 Å². The van der Waals surface area contributed by atoms with Gasteiger partial charge in [0.15, 0.2) is 6.19 Å². The van der Waals surface area contributed by atoms with Crippen molar-refractivity contribution in [3.63, 3.8) is 0 Å². The van der Waals surface area contributed by atoms with E-state index in [1.807, 2.05) is 18.3 Å². The van der Waals surface area contributed by atoms with Gasteiger partial charge < -0.3 is 15.0 Å². The van der Waals surface area contributed by atoms with Gasteiger partial charge in [-0.05, 0) is 68.2 Å². The van der Waals surface area contributed by atoms with Gasteiger partial charge in [-0.15, -0.1) is 0 Å². The number of carbonyl (C=O) groups excluding carboxylic acids is 1. The van der Waals surface area contributed by atoms with Crippen LogP contribution in [0.5, 0.6) is 0 Å². The molecule has 1 aliphatic carbocycles. The molecule has 3 rings (SSSR count). The number of nitrogens with one attached hydrogen (secondary N) is 2. The average Bonchev–Trinajstić information content (AvgIpc) is 2.80. The summed E-state index contributed by atoms with van der Waals surface area (Å²) in [5, 5.41) is 15.0. The molecule has 1 aliphatic heterocycles. The number of rotatable bonds is 7. The fourth-order valence-electron chi connectivity index (χ4n) is 4.94. The average molecular weight is 444 g/mol. The van der Waals surface area contributed by atoms with Gasteiger partial charge in [-0.25, -0.2) is 9.38 Å². The molecular weight excluding hydrogens is 409 g/mol. The van der Waals surface area contributed by atoms with Gasteiger partial charge in [-0.1, -0.05) is 25.0 Å². The molecule has 2 N–H and O–H groups in total. The monoisotopic (exact) mass is 443 g/mol. The van der Waals surface area contributed by atoms with E-state index in [-0.39, 0.29) is 18.4 Å². The van der Waals surface area contributed by atoms with E-state index in [1.54, 1.807) is 12.1 Å². The van der Waals surface area contributed by atoms with Crippen molar-refractivity contribution in [3.05, 3.63) is 35.6 Å². The Balaban J connectivity index is 1.57. The van der Waals surface area contributed by atoms with Crippen LogP contribution in [0, 0.1) is 29.1 Å². The Hall–Kier alpha value is -2.66. The van der Waals surface area contributed by atoms with Crippen molar-refractivity contribution in [2.75, 3.05) is 33.3 Å². The van der Waals surface area contributed by atoms with Crippen LogP contribution in [0.4, 0.5) is 4.39 Å². The number of likely N-dealkylation sites (tertiary alicyclic amines) is 1. The highest BCUT2D eigenvalue weighted by Crippen LogP contribution is 2.28. The van der Waals surface area contributed by atoms with Gasteiger partial charge in [0.25, 0.3) is 0 Å². The van der Waals surface area contributed by atoms with Gasteiger partial charge in [0.2, 0.25) is 5.96 Å². The van der Waals surface area contributed by atoms with Crippen LogP contribution in [0.2, 0.25) is 0 Å². The van der Waals surface area contributed by atoms with Gasteiger partial charge in [-0.3, -0.25) is 10.1 Å². The standard InChI is InChI=1S/C24H34FN5O2/c1-32-23(31)14-27-24(28-17-26)29-22-7-3-2-6-20(22)16-30-12-4-5-19(15-30)13-18-8-10-21(25)11-9-18/h8-11,19-20,22H,2-7,12-16H2,1H3,(H2,27,28,29)/t19-,20-,22+/m0/s1. The van der Waals surface area contributed by atoms with Gasteiger partial charge >= 0.3 is 5.97 Å². The molecule has 8 heteroatoms. The summed E-state index contributed by atoms with van der Waals surface area (Å²) in [5.74, 6) is 0.751. The lowest BCUT2D eigenvalue weighted by molar-refractivity contribution is -0.138. The maximum absolute atomic E-state index is 13.2. The van der Waals surface area contributed by atoms with Crippen LogP contribution in [-0.2, 0) is 16.0 Å². The summed E-state index contributed by atoms with van der Waals surface area (Å²) >= 11 is 0. The van der Waals surface area contributed by atoms with Crippen LogP contribution in [0.1, 0.15) is 44.1 Å². The normalized spacial score (nSPS) is 24.4. The lowest BCUT2D eigenvalue weighted by Crippen LogP contribution is -2.50. The Morgan fingerprint density at radius 3 is 2.78 bits per heavy atom. The largest absolute Gasteiger partial charge is 0.468 e. The number of nitriles is 1. The van der Waals surface area contributed by atoms with Crippen molar-refractivity contribution < 1.29 is 13.9 Å². The van der Waals surface area contributed by atoms with E-state index in [0.717, 1.165) is 45.3 Å². The smallest absolute Gasteiger partial charge is 0.327 e. The summed E-state index contributed by atoms with van der Waals surface area (Å²) in [6.07, 6.45) is 9.76. The number of aliphatic imine (C=N–C) groups is 1. The van der Waals surface area contributed by atoms with Crippen LogP contribution in [-0.4, -0.2) is 56.2 Å². The molecule has 0 aromatic heterocycles. The molecule has 0 amide bonds. The SMILES string of the molecule is COC(=O)CN=C(NC#N)N[C@@H]1CCCC[C@H]1CN1CCC[C@@H](Cc2ccc(F)cc2)C1. The first-order valence-electron chi connectivity index (χ1n) is 11.6. The number of ether oxygens (including phenoxy) is 1. The zero-order chi connectivity index (χ0) is 22.8. The summed E-state index contributed by atoms with van der Waals surface area (Å²) in [6.45, 7) is 3.04. The van der Waals surface area contributed by atoms with Crippen molar-refractivity contribution in [2.24, 2.45) is 16.8 Å². The first-order chi connectivity index (χ1) is 15.6. The van der Waals surface area contributed by atoms with E-state index in [0.29, 0.717) is 17.8 Å². The lowest BCUT2D eigenvalue weighted by atomic mass is 9.83. The molecular formula is C24H34FN5O2. The number of methoxy groups -OCH3 is 1. The van der Waals surface area contributed by atoms with E-state index in [4.69, 9.17) is 5.26 Å². The number of benzene rings is 1. The number of guanidine groups is 1. The second kappa shape index (κ2) is 12.4. The summed E-state index contributed by atoms with van der Waals surface area (Å²) < 4.78 is 17.8. The van der Waals surface area contributed by atoms with E-state index in [1.165, 1.54) is 31.9 Å². The molecule has 0 radical (unpaired) electrons. The molecule has 1 aromatic rings. The predicted molar refractivity (Wildman–Crippen MR) is 121 cm³/mol. The minimum Gasteiger partial charge on any atom is -0.468 e. The van der Waals surface area contributed by atoms with Crippen molar-refractivity contribution in [2.45, 2.75) is 51.0 Å². The predicted octanol–water partition coefficient (Wildman–Crippen LogP) is 2.83. The quantitative estimate of drug-likeness (QED) is 0.221. The molecule has 2 fully saturated rings. The third-order valence-electron chi connectivity index (χ3n) is 6.53. The van der Waals surface area contributed by atoms with Crippen LogP contribution >= 0.6 is 0 Å². The van der Waals surface area contributed by atoms with E-state index in [9.17, 15) is 9.18 Å². The Labute approximate surface area is 190 Å². The molecule has 2 aliphatic rings. The van der Waals surface area contributed by atoms with Crippen molar-refractivity contribution in [3.8, 4) is 6.19 Å². The Bertz CT molecular complexity index is 808. The first kappa shape index (κ1) is 24.0. The summed E-state index contributed by atoms with van der Waals surface area (Å²) in [4.78, 5) is 18.2. The third kappa shape index (κ3) is 7.49. The lowest BCUT2D eigenvalue weighted by Gasteiger charge is -2.39. The maximum atomic E-state index is 13.2. The van der Waals surface area contributed by atoms with Crippen LogP contribution < -0.4 is 10.6 Å². The molecule has 0 bridgehead atoms.